The molecular formula is C16H15N7O3S. The molecular weight excluding hydrogens is 370 g/mol. The number of carbonyl (C=O) groups excluding carboxylic acids is 2. The molecule has 1 N–H and O–H groups in total. The first-order valence-corrected chi connectivity index (χ1v) is 8.50. The molecule has 1 aromatic carbocycles. The second-order valence-electron chi connectivity index (χ2n) is 5.27. The Morgan fingerprint density at radius 3 is 2.67 bits per heavy atom. The van der Waals surface area contributed by atoms with Gasteiger partial charge in [-0.1, -0.05) is 10.2 Å². The van der Waals surface area contributed by atoms with E-state index in [1.54, 1.807) is 12.1 Å². The predicted octanol–water partition coefficient (Wildman–Crippen LogP) is 4.15. The largest absolute Gasteiger partial charge is 0.469 e. The van der Waals surface area contributed by atoms with Crippen LogP contribution in [0, 0.1) is 0 Å². The molecule has 0 fully saturated rings. The molecule has 10 nitrogen and oxygen atoms in total. The third kappa shape index (κ3) is 6.05. The first kappa shape index (κ1) is 19.8. The van der Waals surface area contributed by atoms with Crippen molar-refractivity contribution in [3.05, 3.63) is 72.1 Å². The summed E-state index contributed by atoms with van der Waals surface area (Å²) in [6.45, 7) is 0.315. The highest BCUT2D eigenvalue weighted by Crippen LogP contribution is 2.20. The first-order chi connectivity index (χ1) is 13.0. The number of nitrogens with zero attached hydrogens (tertiary/aromatic N) is 6. The fourth-order valence-corrected chi connectivity index (χ4v) is 3.16. The summed E-state index contributed by atoms with van der Waals surface area (Å²) in [6.07, 6.45) is 0.187. The van der Waals surface area contributed by atoms with E-state index in [0.29, 0.717) is 5.56 Å². The fraction of sp³-hybridized carbons (Fsp3) is 0.250. The summed E-state index contributed by atoms with van der Waals surface area (Å²) >= 11 is 1.40. The quantitative estimate of drug-likeness (QED) is 0.314. The summed E-state index contributed by atoms with van der Waals surface area (Å²) in [7, 11) is 1.33. The van der Waals surface area contributed by atoms with Crippen LogP contribution in [0.4, 0.5) is 5.69 Å². The summed E-state index contributed by atoms with van der Waals surface area (Å²) in [5, 5.41) is 9.71. The number of hydrogen-bond donors (Lipinski definition) is 1. The van der Waals surface area contributed by atoms with Crippen LogP contribution in [-0.2, 0) is 29.0 Å². The van der Waals surface area contributed by atoms with Gasteiger partial charge in [-0.15, -0.1) is 11.3 Å². The van der Waals surface area contributed by atoms with Crippen LogP contribution < -0.4 is 5.32 Å². The van der Waals surface area contributed by atoms with Gasteiger partial charge in [-0.2, -0.15) is 0 Å². The molecule has 11 heteroatoms. The summed E-state index contributed by atoms with van der Waals surface area (Å²) < 4.78 is 4.62. The number of amides is 1. The summed E-state index contributed by atoms with van der Waals surface area (Å²) in [5.41, 5.74) is 18.1. The zero-order valence-corrected chi connectivity index (χ0v) is 15.1. The van der Waals surface area contributed by atoms with E-state index in [1.165, 1.54) is 24.5 Å². The number of hydrogen-bond acceptors (Lipinski definition) is 6. The van der Waals surface area contributed by atoms with E-state index in [9.17, 15) is 9.59 Å². The van der Waals surface area contributed by atoms with Crippen LogP contribution in [0.5, 0.6) is 0 Å². The van der Waals surface area contributed by atoms with Crippen LogP contribution >= 0.6 is 11.3 Å². The Balaban J connectivity index is 2.08. The first-order valence-electron chi connectivity index (χ1n) is 7.68. The average Bonchev–Trinajstić information content (AvgIpc) is 3.11. The molecule has 0 bridgehead atoms. The van der Waals surface area contributed by atoms with E-state index in [0.717, 1.165) is 9.75 Å². The summed E-state index contributed by atoms with van der Waals surface area (Å²) in [6, 6.07) is 8.20. The molecule has 0 unspecified atom stereocenters. The lowest BCUT2D eigenvalue weighted by molar-refractivity contribution is -0.139. The number of carbonyl (C=O) groups is 2. The highest BCUT2D eigenvalue weighted by atomic mass is 32.1. The second kappa shape index (κ2) is 9.83. The van der Waals surface area contributed by atoms with Crippen molar-refractivity contribution in [1.82, 2.24) is 5.32 Å². The van der Waals surface area contributed by atoms with Gasteiger partial charge in [0.05, 0.1) is 26.6 Å². The van der Waals surface area contributed by atoms with Gasteiger partial charge in [-0.05, 0) is 47.0 Å². The Labute approximate surface area is 158 Å². The van der Waals surface area contributed by atoms with E-state index in [-0.39, 0.29) is 42.6 Å². The van der Waals surface area contributed by atoms with E-state index in [1.807, 2.05) is 12.1 Å². The lowest BCUT2D eigenvalue weighted by Gasteiger charge is -2.07. The third-order valence-corrected chi connectivity index (χ3v) is 4.49. The predicted molar refractivity (Wildman–Crippen MR) is 99.3 cm³/mol. The van der Waals surface area contributed by atoms with Crippen molar-refractivity contribution < 1.29 is 14.3 Å². The maximum absolute atomic E-state index is 12.4. The van der Waals surface area contributed by atoms with Crippen molar-refractivity contribution in [2.24, 2.45) is 10.2 Å². The van der Waals surface area contributed by atoms with Crippen molar-refractivity contribution in [2.45, 2.75) is 19.5 Å². The van der Waals surface area contributed by atoms with Gasteiger partial charge >= 0.3 is 5.97 Å². The minimum Gasteiger partial charge on any atom is -0.469 e. The van der Waals surface area contributed by atoms with Crippen molar-refractivity contribution >= 4 is 28.9 Å². The molecule has 0 atom stereocenters. The molecule has 0 aliphatic heterocycles. The minimum atomic E-state index is -0.366. The zero-order chi connectivity index (χ0) is 19.6. The van der Waals surface area contributed by atoms with Crippen molar-refractivity contribution in [3.8, 4) is 0 Å². The Bertz CT molecular complexity index is 943. The van der Waals surface area contributed by atoms with Crippen molar-refractivity contribution in [1.29, 1.82) is 0 Å². The number of methoxy groups -OCH3 is 1. The summed E-state index contributed by atoms with van der Waals surface area (Å²) in [4.78, 5) is 30.8. The second-order valence-corrected chi connectivity index (χ2v) is 6.52. The number of azide groups is 2. The molecule has 1 aromatic heterocycles. The lowest BCUT2D eigenvalue weighted by Crippen LogP contribution is -2.22. The molecule has 0 spiro atoms. The minimum absolute atomic E-state index is 0.0351. The number of nitrogens with one attached hydrogen (secondary N) is 1. The van der Waals surface area contributed by atoms with Crippen LogP contribution in [0.2, 0.25) is 0 Å². The Kier molecular flexibility index (Phi) is 7.21. The number of ether oxygens (including phenoxy) is 1. The standard InChI is InChI=1S/C16H15N7O3S/c1-26-15(24)7-13-2-3-14(27-13)9-19-16(25)11-4-10(8-20-22-17)5-12(6-11)21-23-18/h2-6H,7-9H2,1H3,(H,19,25). The van der Waals surface area contributed by atoms with Gasteiger partial charge in [-0.25, -0.2) is 0 Å². The monoisotopic (exact) mass is 385 g/mol. The molecule has 2 aromatic rings. The zero-order valence-electron chi connectivity index (χ0n) is 14.3. The number of esters is 1. The van der Waals surface area contributed by atoms with E-state index in [4.69, 9.17) is 11.1 Å². The van der Waals surface area contributed by atoms with Crippen LogP contribution in [0.15, 0.2) is 40.6 Å². The van der Waals surface area contributed by atoms with E-state index in [2.05, 4.69) is 30.1 Å². The van der Waals surface area contributed by atoms with Gasteiger partial charge < -0.3 is 10.1 Å². The third-order valence-electron chi connectivity index (χ3n) is 3.40. The Morgan fingerprint density at radius 1 is 1.19 bits per heavy atom. The Morgan fingerprint density at radius 2 is 1.96 bits per heavy atom. The van der Waals surface area contributed by atoms with Gasteiger partial charge in [0.25, 0.3) is 5.91 Å². The molecule has 0 aliphatic rings. The number of benzene rings is 1. The lowest BCUT2D eigenvalue weighted by atomic mass is 10.1. The van der Waals surface area contributed by atoms with Crippen LogP contribution in [0.1, 0.15) is 25.7 Å². The molecule has 0 saturated heterocycles. The van der Waals surface area contributed by atoms with E-state index < -0.39 is 0 Å². The number of thiophene rings is 1. The van der Waals surface area contributed by atoms with Gasteiger partial charge in [0.1, 0.15) is 0 Å². The van der Waals surface area contributed by atoms with Crippen LogP contribution in [0.3, 0.4) is 0 Å². The molecule has 2 rings (SSSR count). The topological polar surface area (TPSA) is 153 Å². The highest BCUT2D eigenvalue weighted by molar-refractivity contribution is 7.12. The molecule has 1 heterocycles. The van der Waals surface area contributed by atoms with Crippen molar-refractivity contribution in [3.63, 3.8) is 0 Å². The average molecular weight is 385 g/mol. The normalized spacial score (nSPS) is 9.67. The molecule has 0 radical (unpaired) electrons. The van der Waals surface area contributed by atoms with Crippen molar-refractivity contribution in [2.75, 3.05) is 7.11 Å². The SMILES string of the molecule is COC(=O)Cc1ccc(CNC(=O)c2cc(CN=[N+]=[N-])cc(N=[N+]=[N-])c2)s1. The highest BCUT2D eigenvalue weighted by Gasteiger charge is 2.10. The fourth-order valence-electron chi connectivity index (χ4n) is 2.22. The van der Waals surface area contributed by atoms with Gasteiger partial charge in [0.15, 0.2) is 0 Å². The van der Waals surface area contributed by atoms with Gasteiger partial charge in [0.2, 0.25) is 0 Å². The molecule has 1 amide bonds. The molecule has 27 heavy (non-hydrogen) atoms. The molecule has 138 valence electrons. The Hall–Kier alpha value is -3.52. The van der Waals surface area contributed by atoms with E-state index >= 15 is 0 Å². The maximum Gasteiger partial charge on any atom is 0.310 e. The van der Waals surface area contributed by atoms with Gasteiger partial charge in [-0.3, -0.25) is 9.59 Å². The van der Waals surface area contributed by atoms with Crippen LogP contribution in [0.25, 0.3) is 20.9 Å². The number of rotatable bonds is 8. The van der Waals surface area contributed by atoms with Crippen LogP contribution in [-0.4, -0.2) is 19.0 Å². The maximum atomic E-state index is 12.4. The smallest absolute Gasteiger partial charge is 0.310 e. The summed E-state index contributed by atoms with van der Waals surface area (Å²) in [5.74, 6) is -0.690. The van der Waals surface area contributed by atoms with Gasteiger partial charge in [0, 0.05) is 30.8 Å². The molecule has 0 saturated carbocycles. The molecule has 0 aliphatic carbocycles.